The van der Waals surface area contributed by atoms with Crippen molar-refractivity contribution in [2.75, 3.05) is 18.9 Å². The van der Waals surface area contributed by atoms with Gasteiger partial charge in [-0.05, 0) is 35.9 Å². The minimum Gasteiger partial charge on any atom is -0.346 e. The molecule has 0 unspecified atom stereocenters. The quantitative estimate of drug-likeness (QED) is 0.471. The summed E-state index contributed by atoms with van der Waals surface area (Å²) in [5.74, 6) is -0.516. The first-order valence-electron chi connectivity index (χ1n) is 10.6. The van der Waals surface area contributed by atoms with Gasteiger partial charge in [0.2, 0.25) is 5.91 Å². The van der Waals surface area contributed by atoms with E-state index in [2.05, 4.69) is 20.9 Å². The van der Waals surface area contributed by atoms with Crippen LogP contribution in [0.25, 0.3) is 0 Å². The average Bonchev–Trinajstić information content (AvgIpc) is 2.84. The lowest BCUT2D eigenvalue weighted by Gasteiger charge is -2.18. The van der Waals surface area contributed by atoms with Gasteiger partial charge in [-0.3, -0.25) is 14.6 Å². The maximum Gasteiger partial charge on any atom is 0.317 e. The van der Waals surface area contributed by atoms with E-state index in [1.807, 2.05) is 48.5 Å². The Hall–Kier alpha value is -4.20. The fourth-order valence-electron chi connectivity index (χ4n) is 3.08. The summed E-state index contributed by atoms with van der Waals surface area (Å²) in [6, 6.07) is 21.6. The van der Waals surface area contributed by atoms with Gasteiger partial charge in [-0.25, -0.2) is 4.79 Å². The van der Waals surface area contributed by atoms with Crippen molar-refractivity contribution >= 4 is 23.5 Å². The molecule has 3 aromatic rings. The largest absolute Gasteiger partial charge is 0.346 e. The molecule has 1 aromatic heterocycles. The second kappa shape index (κ2) is 12.0. The molecule has 1 heterocycles. The van der Waals surface area contributed by atoms with Gasteiger partial charge in [0.1, 0.15) is 0 Å². The fourth-order valence-corrected chi connectivity index (χ4v) is 3.08. The lowest BCUT2D eigenvalue weighted by atomic mass is 10.2. The molecule has 0 saturated heterocycles. The molecule has 0 aliphatic rings. The van der Waals surface area contributed by atoms with E-state index in [0.717, 1.165) is 11.3 Å². The molecule has 33 heavy (non-hydrogen) atoms. The predicted molar refractivity (Wildman–Crippen MR) is 126 cm³/mol. The van der Waals surface area contributed by atoms with Gasteiger partial charge in [0.15, 0.2) is 0 Å². The number of nitrogens with one attached hydrogen (secondary N) is 3. The summed E-state index contributed by atoms with van der Waals surface area (Å²) < 4.78 is 0. The maximum absolute atomic E-state index is 12.4. The summed E-state index contributed by atoms with van der Waals surface area (Å²) in [5, 5.41) is 8.30. The smallest absolute Gasteiger partial charge is 0.317 e. The Morgan fingerprint density at radius 2 is 1.70 bits per heavy atom. The van der Waals surface area contributed by atoms with Crippen molar-refractivity contribution in [2.24, 2.45) is 0 Å². The van der Waals surface area contributed by atoms with Crippen molar-refractivity contribution < 1.29 is 14.4 Å². The van der Waals surface area contributed by atoms with E-state index in [4.69, 9.17) is 0 Å². The molecule has 0 fully saturated rings. The summed E-state index contributed by atoms with van der Waals surface area (Å²) in [7, 11) is 1.70. The second-order valence-electron chi connectivity index (χ2n) is 7.46. The molecule has 0 bridgehead atoms. The van der Waals surface area contributed by atoms with Crippen LogP contribution in [-0.2, 0) is 17.9 Å². The van der Waals surface area contributed by atoms with Gasteiger partial charge in [-0.1, -0.05) is 42.5 Å². The van der Waals surface area contributed by atoms with Gasteiger partial charge in [-0.15, -0.1) is 0 Å². The third-order valence-electron chi connectivity index (χ3n) is 4.80. The van der Waals surface area contributed by atoms with Crippen molar-refractivity contribution in [3.8, 4) is 0 Å². The third kappa shape index (κ3) is 7.77. The summed E-state index contributed by atoms with van der Waals surface area (Å²) in [5.41, 5.74) is 2.72. The molecule has 0 spiro atoms. The van der Waals surface area contributed by atoms with Crippen molar-refractivity contribution in [1.29, 1.82) is 0 Å². The Morgan fingerprint density at radius 3 is 2.45 bits per heavy atom. The Bertz CT molecular complexity index is 1070. The molecule has 0 aliphatic heterocycles. The standard InChI is InChI=1S/C25H27N5O3/c1-30(18-19-8-3-2-4-9-19)25(33)27-15-13-23(31)29-21-12-7-10-20(16-21)24(32)28-17-22-11-5-6-14-26-22/h2-12,14,16H,13,15,17-18H2,1H3,(H,27,33)(H,28,32)(H,29,31). The molecule has 0 radical (unpaired) electrons. The van der Waals surface area contributed by atoms with E-state index in [0.29, 0.717) is 24.3 Å². The Balaban J connectivity index is 1.41. The SMILES string of the molecule is CN(Cc1ccccc1)C(=O)NCCC(=O)Nc1cccc(C(=O)NCc2ccccn2)c1. The number of anilines is 1. The van der Waals surface area contributed by atoms with Gasteiger partial charge >= 0.3 is 6.03 Å². The van der Waals surface area contributed by atoms with Crippen LogP contribution in [0.4, 0.5) is 10.5 Å². The van der Waals surface area contributed by atoms with Gasteiger partial charge in [0.05, 0.1) is 12.2 Å². The third-order valence-corrected chi connectivity index (χ3v) is 4.80. The van der Waals surface area contributed by atoms with Crippen LogP contribution in [0.15, 0.2) is 79.0 Å². The lowest BCUT2D eigenvalue weighted by molar-refractivity contribution is -0.116. The van der Waals surface area contributed by atoms with Gasteiger partial charge in [0, 0.05) is 44.0 Å². The molecule has 4 amide bonds. The molecule has 0 atom stereocenters. The highest BCUT2D eigenvalue weighted by molar-refractivity contribution is 5.97. The second-order valence-corrected chi connectivity index (χ2v) is 7.46. The minimum atomic E-state index is -0.259. The van der Waals surface area contributed by atoms with Crippen molar-refractivity contribution in [3.63, 3.8) is 0 Å². The summed E-state index contributed by atoms with van der Waals surface area (Å²) in [4.78, 5) is 42.6. The van der Waals surface area contributed by atoms with E-state index in [1.165, 1.54) is 0 Å². The number of urea groups is 1. The first-order valence-corrected chi connectivity index (χ1v) is 10.6. The number of carbonyl (C=O) groups excluding carboxylic acids is 3. The highest BCUT2D eigenvalue weighted by Crippen LogP contribution is 2.11. The molecule has 170 valence electrons. The predicted octanol–water partition coefficient (Wildman–Crippen LogP) is 3.18. The number of rotatable bonds is 9. The lowest BCUT2D eigenvalue weighted by Crippen LogP contribution is -2.38. The molecular weight excluding hydrogens is 418 g/mol. The zero-order valence-corrected chi connectivity index (χ0v) is 18.5. The Morgan fingerprint density at radius 1 is 0.909 bits per heavy atom. The van der Waals surface area contributed by atoms with E-state index >= 15 is 0 Å². The first-order chi connectivity index (χ1) is 16.0. The maximum atomic E-state index is 12.4. The molecule has 8 heteroatoms. The molecule has 8 nitrogen and oxygen atoms in total. The fraction of sp³-hybridized carbons (Fsp3) is 0.200. The van der Waals surface area contributed by atoms with E-state index < -0.39 is 0 Å². The zero-order chi connectivity index (χ0) is 23.5. The number of aromatic nitrogens is 1. The number of hydrogen-bond acceptors (Lipinski definition) is 4. The number of nitrogens with zero attached hydrogens (tertiary/aromatic N) is 2. The van der Waals surface area contributed by atoms with Crippen LogP contribution in [0, 0.1) is 0 Å². The topological polar surface area (TPSA) is 103 Å². The van der Waals surface area contributed by atoms with E-state index in [9.17, 15) is 14.4 Å². The van der Waals surface area contributed by atoms with Gasteiger partial charge in [0.25, 0.3) is 5.91 Å². The normalized spacial score (nSPS) is 10.2. The number of amides is 4. The van der Waals surface area contributed by atoms with Crippen LogP contribution in [0.5, 0.6) is 0 Å². The molecule has 0 aliphatic carbocycles. The van der Waals surface area contributed by atoms with Crippen LogP contribution in [0.2, 0.25) is 0 Å². The molecular formula is C25H27N5O3. The number of benzene rings is 2. The highest BCUT2D eigenvalue weighted by Gasteiger charge is 2.11. The first kappa shape index (κ1) is 23.5. The number of pyridine rings is 1. The summed E-state index contributed by atoms with van der Waals surface area (Å²) in [6.07, 6.45) is 1.78. The van der Waals surface area contributed by atoms with Crippen molar-refractivity contribution in [1.82, 2.24) is 20.5 Å². The molecule has 0 saturated carbocycles. The van der Waals surface area contributed by atoms with Gasteiger partial charge in [-0.2, -0.15) is 0 Å². The molecule has 2 aromatic carbocycles. The summed E-state index contributed by atoms with van der Waals surface area (Å²) in [6.45, 7) is 0.997. The van der Waals surface area contributed by atoms with Crippen LogP contribution in [0.1, 0.15) is 28.0 Å². The van der Waals surface area contributed by atoms with E-state index in [1.54, 1.807) is 42.4 Å². The number of carbonyl (C=O) groups is 3. The summed E-state index contributed by atoms with van der Waals surface area (Å²) >= 11 is 0. The monoisotopic (exact) mass is 445 g/mol. The van der Waals surface area contributed by atoms with Crippen LogP contribution < -0.4 is 16.0 Å². The zero-order valence-electron chi connectivity index (χ0n) is 18.5. The Kier molecular flexibility index (Phi) is 8.53. The van der Waals surface area contributed by atoms with Crippen molar-refractivity contribution in [3.05, 3.63) is 95.8 Å². The van der Waals surface area contributed by atoms with E-state index in [-0.39, 0.29) is 30.8 Å². The van der Waals surface area contributed by atoms with Crippen molar-refractivity contribution in [2.45, 2.75) is 19.5 Å². The van der Waals surface area contributed by atoms with Crippen LogP contribution >= 0.6 is 0 Å². The minimum absolute atomic E-state index is 0.112. The Labute approximate surface area is 193 Å². The average molecular weight is 446 g/mol. The molecule has 3 N–H and O–H groups in total. The van der Waals surface area contributed by atoms with Crippen LogP contribution in [-0.4, -0.2) is 41.3 Å². The highest BCUT2D eigenvalue weighted by atomic mass is 16.2. The number of hydrogen-bond donors (Lipinski definition) is 3. The molecule has 3 rings (SSSR count). The van der Waals surface area contributed by atoms with Crippen LogP contribution in [0.3, 0.4) is 0 Å². The van der Waals surface area contributed by atoms with Gasteiger partial charge < -0.3 is 20.9 Å².